The summed E-state index contributed by atoms with van der Waals surface area (Å²) in [6, 6.07) is 5.91. The first-order chi connectivity index (χ1) is 8.75. The van der Waals surface area contributed by atoms with E-state index in [4.69, 9.17) is 23.2 Å². The van der Waals surface area contributed by atoms with Crippen molar-refractivity contribution in [3.8, 4) is 0 Å². The van der Waals surface area contributed by atoms with Crippen LogP contribution in [0.15, 0.2) is 18.2 Å². The van der Waals surface area contributed by atoms with E-state index in [0.717, 1.165) is 30.6 Å². The predicted octanol–water partition coefficient (Wildman–Crippen LogP) is 3.43. The fourth-order valence-corrected chi connectivity index (χ4v) is 3.61. The van der Waals surface area contributed by atoms with E-state index in [2.05, 4.69) is 16.3 Å². The smallest absolute Gasteiger partial charge is 0.0825 e. The van der Waals surface area contributed by atoms with Crippen LogP contribution in [0, 0.1) is 11.8 Å². The van der Waals surface area contributed by atoms with Crippen LogP contribution in [0.25, 0.3) is 0 Å². The molecular formula is C14H18Cl2N2. The van der Waals surface area contributed by atoms with E-state index in [1.807, 2.05) is 12.1 Å². The number of rotatable bonds is 1. The van der Waals surface area contributed by atoms with Crippen LogP contribution in [0.1, 0.15) is 12.8 Å². The monoisotopic (exact) mass is 284 g/mol. The molecule has 2 atom stereocenters. The Bertz CT molecular complexity index is 422. The standard InChI is InChI=1S/C14H18Cl2N2/c15-12-2-1-3-13(14(12)16)18-6-4-10-8-17-9-11(10)5-7-18/h1-3,10-11,17H,4-9H2. The van der Waals surface area contributed by atoms with Gasteiger partial charge in [-0.2, -0.15) is 0 Å². The number of anilines is 1. The SMILES string of the molecule is Clc1cccc(N2CCC3CNCC3CC2)c1Cl. The van der Waals surface area contributed by atoms with Gasteiger partial charge in [0.2, 0.25) is 0 Å². The van der Waals surface area contributed by atoms with Gasteiger partial charge in [0.05, 0.1) is 15.7 Å². The number of nitrogens with one attached hydrogen (secondary N) is 1. The summed E-state index contributed by atoms with van der Waals surface area (Å²) in [6.07, 6.45) is 2.50. The van der Waals surface area contributed by atoms with Crippen molar-refractivity contribution in [1.82, 2.24) is 5.32 Å². The van der Waals surface area contributed by atoms with Crippen LogP contribution in [-0.4, -0.2) is 26.2 Å². The van der Waals surface area contributed by atoms with E-state index in [9.17, 15) is 0 Å². The minimum absolute atomic E-state index is 0.653. The Labute approximate surface area is 118 Å². The van der Waals surface area contributed by atoms with Gasteiger partial charge in [-0.05, 0) is 49.9 Å². The number of fused-ring (bicyclic) bond motifs is 1. The Kier molecular flexibility index (Phi) is 3.69. The van der Waals surface area contributed by atoms with Gasteiger partial charge in [-0.15, -0.1) is 0 Å². The van der Waals surface area contributed by atoms with Crippen LogP contribution in [0.5, 0.6) is 0 Å². The summed E-state index contributed by atoms with van der Waals surface area (Å²) < 4.78 is 0. The lowest BCUT2D eigenvalue weighted by molar-refractivity contribution is 0.409. The second-order valence-electron chi connectivity index (χ2n) is 5.32. The molecule has 0 spiro atoms. The Balaban J connectivity index is 1.79. The van der Waals surface area contributed by atoms with E-state index in [-0.39, 0.29) is 0 Å². The van der Waals surface area contributed by atoms with Gasteiger partial charge in [0.25, 0.3) is 0 Å². The van der Waals surface area contributed by atoms with Crippen molar-refractivity contribution in [3.63, 3.8) is 0 Å². The molecule has 0 saturated carbocycles. The van der Waals surface area contributed by atoms with Crippen LogP contribution in [-0.2, 0) is 0 Å². The molecule has 2 aliphatic heterocycles. The third-order valence-corrected chi connectivity index (χ3v) is 5.10. The number of nitrogens with zero attached hydrogens (tertiary/aromatic N) is 1. The van der Waals surface area contributed by atoms with Crippen molar-refractivity contribution in [2.45, 2.75) is 12.8 Å². The molecule has 2 saturated heterocycles. The number of hydrogen-bond donors (Lipinski definition) is 1. The van der Waals surface area contributed by atoms with Gasteiger partial charge in [0, 0.05) is 13.1 Å². The van der Waals surface area contributed by atoms with Gasteiger partial charge in [0.15, 0.2) is 0 Å². The van der Waals surface area contributed by atoms with Gasteiger partial charge < -0.3 is 10.2 Å². The molecule has 2 fully saturated rings. The molecule has 1 aromatic rings. The lowest BCUT2D eigenvalue weighted by Crippen LogP contribution is -2.26. The molecular weight excluding hydrogens is 267 g/mol. The Morgan fingerprint density at radius 2 is 1.72 bits per heavy atom. The summed E-state index contributed by atoms with van der Waals surface area (Å²) in [5.41, 5.74) is 1.09. The average Bonchev–Trinajstić information content (AvgIpc) is 2.73. The van der Waals surface area contributed by atoms with Crippen molar-refractivity contribution < 1.29 is 0 Å². The molecule has 3 rings (SSSR count). The quantitative estimate of drug-likeness (QED) is 0.850. The molecule has 1 aromatic carbocycles. The van der Waals surface area contributed by atoms with Crippen LogP contribution < -0.4 is 10.2 Å². The molecule has 2 nitrogen and oxygen atoms in total. The van der Waals surface area contributed by atoms with Crippen molar-refractivity contribution in [1.29, 1.82) is 0 Å². The Morgan fingerprint density at radius 3 is 2.39 bits per heavy atom. The third kappa shape index (κ3) is 2.34. The fourth-order valence-electron chi connectivity index (χ4n) is 3.20. The summed E-state index contributed by atoms with van der Waals surface area (Å²) in [5, 5.41) is 4.85. The zero-order chi connectivity index (χ0) is 12.5. The van der Waals surface area contributed by atoms with Crippen LogP contribution in [0.2, 0.25) is 10.0 Å². The zero-order valence-corrected chi connectivity index (χ0v) is 11.8. The van der Waals surface area contributed by atoms with E-state index < -0.39 is 0 Å². The fraction of sp³-hybridized carbons (Fsp3) is 0.571. The first-order valence-electron chi connectivity index (χ1n) is 6.65. The first-order valence-corrected chi connectivity index (χ1v) is 7.41. The Morgan fingerprint density at radius 1 is 1.06 bits per heavy atom. The highest BCUT2D eigenvalue weighted by Crippen LogP contribution is 2.35. The van der Waals surface area contributed by atoms with Gasteiger partial charge in [-0.3, -0.25) is 0 Å². The third-order valence-electron chi connectivity index (χ3n) is 4.29. The molecule has 4 heteroatoms. The topological polar surface area (TPSA) is 15.3 Å². The van der Waals surface area contributed by atoms with Gasteiger partial charge >= 0.3 is 0 Å². The molecule has 2 unspecified atom stereocenters. The molecule has 0 bridgehead atoms. The summed E-state index contributed by atoms with van der Waals surface area (Å²) >= 11 is 12.4. The molecule has 18 heavy (non-hydrogen) atoms. The maximum absolute atomic E-state index is 6.31. The highest BCUT2D eigenvalue weighted by atomic mass is 35.5. The molecule has 98 valence electrons. The number of halogens is 2. The second-order valence-corrected chi connectivity index (χ2v) is 6.10. The van der Waals surface area contributed by atoms with E-state index >= 15 is 0 Å². The largest absolute Gasteiger partial charge is 0.370 e. The summed E-state index contributed by atoms with van der Waals surface area (Å²) in [7, 11) is 0. The summed E-state index contributed by atoms with van der Waals surface area (Å²) in [5.74, 6) is 1.68. The molecule has 0 radical (unpaired) electrons. The number of hydrogen-bond acceptors (Lipinski definition) is 2. The Hall–Kier alpha value is -0.440. The minimum atomic E-state index is 0.653. The highest BCUT2D eigenvalue weighted by molar-refractivity contribution is 6.43. The normalized spacial score (nSPS) is 28.0. The van der Waals surface area contributed by atoms with Crippen molar-refractivity contribution in [3.05, 3.63) is 28.2 Å². The predicted molar refractivity (Wildman–Crippen MR) is 77.8 cm³/mol. The lowest BCUT2D eigenvalue weighted by atomic mass is 9.92. The van der Waals surface area contributed by atoms with Crippen LogP contribution in [0.3, 0.4) is 0 Å². The van der Waals surface area contributed by atoms with Crippen LogP contribution >= 0.6 is 23.2 Å². The zero-order valence-electron chi connectivity index (χ0n) is 10.3. The summed E-state index contributed by atoms with van der Waals surface area (Å²) in [4.78, 5) is 2.40. The molecule has 1 N–H and O–H groups in total. The van der Waals surface area contributed by atoms with Gasteiger partial charge in [-0.1, -0.05) is 29.3 Å². The van der Waals surface area contributed by atoms with Crippen LogP contribution in [0.4, 0.5) is 5.69 Å². The van der Waals surface area contributed by atoms with E-state index in [0.29, 0.717) is 10.0 Å². The minimum Gasteiger partial charge on any atom is -0.370 e. The molecule has 0 aliphatic carbocycles. The van der Waals surface area contributed by atoms with Gasteiger partial charge in [0.1, 0.15) is 0 Å². The average molecular weight is 285 g/mol. The molecule has 2 heterocycles. The van der Waals surface area contributed by atoms with Crippen molar-refractivity contribution in [2.75, 3.05) is 31.1 Å². The number of benzene rings is 1. The lowest BCUT2D eigenvalue weighted by Gasteiger charge is -2.24. The first kappa shape index (κ1) is 12.6. The maximum atomic E-state index is 6.31. The second kappa shape index (κ2) is 5.28. The van der Waals surface area contributed by atoms with Gasteiger partial charge in [-0.25, -0.2) is 0 Å². The highest BCUT2D eigenvalue weighted by Gasteiger charge is 2.30. The van der Waals surface area contributed by atoms with E-state index in [1.54, 1.807) is 0 Å². The molecule has 2 aliphatic rings. The maximum Gasteiger partial charge on any atom is 0.0825 e. The van der Waals surface area contributed by atoms with E-state index in [1.165, 1.54) is 25.9 Å². The molecule has 0 aromatic heterocycles. The van der Waals surface area contributed by atoms with Crippen molar-refractivity contribution in [2.24, 2.45) is 11.8 Å². The summed E-state index contributed by atoms with van der Waals surface area (Å²) in [6.45, 7) is 4.54. The molecule has 0 amide bonds. The van der Waals surface area contributed by atoms with Crippen molar-refractivity contribution >= 4 is 28.9 Å².